The smallest absolute Gasteiger partial charge is 0.255 e. The minimum atomic E-state index is -3.60. The number of nitrogens with one attached hydrogen (secondary N) is 2. The fourth-order valence-corrected chi connectivity index (χ4v) is 3.45. The Morgan fingerprint density at radius 1 is 1.00 bits per heavy atom. The number of anilines is 2. The second kappa shape index (κ2) is 9.74. The zero-order chi connectivity index (χ0) is 21.4. The minimum absolute atomic E-state index is 0.209. The van der Waals surface area contributed by atoms with Gasteiger partial charge in [0.15, 0.2) is 9.84 Å². The average Bonchev–Trinajstić information content (AvgIpc) is 2.68. The van der Waals surface area contributed by atoms with E-state index in [0.29, 0.717) is 11.3 Å². The van der Waals surface area contributed by atoms with Crippen molar-refractivity contribution in [2.75, 3.05) is 36.4 Å². The van der Waals surface area contributed by atoms with E-state index >= 15 is 0 Å². The number of benzene rings is 2. The Hall–Kier alpha value is -3.33. The summed E-state index contributed by atoms with van der Waals surface area (Å²) in [6.45, 7) is 3.36. The summed E-state index contributed by atoms with van der Waals surface area (Å²) >= 11 is 0. The Bertz CT molecular complexity index is 1000. The summed E-state index contributed by atoms with van der Waals surface area (Å²) in [4.78, 5) is 24.5. The van der Waals surface area contributed by atoms with Gasteiger partial charge in [-0.15, -0.1) is 6.58 Å². The molecule has 0 unspecified atom stereocenters. The number of rotatable bonds is 9. The Morgan fingerprint density at radius 2 is 1.55 bits per heavy atom. The number of methoxy groups -OCH3 is 2. The van der Waals surface area contributed by atoms with Crippen LogP contribution in [0.3, 0.4) is 0 Å². The van der Waals surface area contributed by atoms with Crippen molar-refractivity contribution in [2.24, 2.45) is 0 Å². The van der Waals surface area contributed by atoms with Gasteiger partial charge in [-0.2, -0.15) is 0 Å². The summed E-state index contributed by atoms with van der Waals surface area (Å²) in [7, 11) is -0.814. The van der Waals surface area contributed by atoms with Crippen LogP contribution in [0, 0.1) is 0 Å². The molecular formula is C20H22N2O6S. The Morgan fingerprint density at radius 3 is 2.07 bits per heavy atom. The zero-order valence-electron chi connectivity index (χ0n) is 16.1. The van der Waals surface area contributed by atoms with Crippen molar-refractivity contribution in [1.29, 1.82) is 0 Å². The average molecular weight is 418 g/mol. The second-order valence-electron chi connectivity index (χ2n) is 5.96. The van der Waals surface area contributed by atoms with Crippen LogP contribution in [-0.4, -0.2) is 46.0 Å². The van der Waals surface area contributed by atoms with Crippen LogP contribution in [0.15, 0.2) is 55.1 Å². The first-order valence-electron chi connectivity index (χ1n) is 8.53. The predicted octanol–water partition coefficient (Wildman–Crippen LogP) is 2.50. The molecule has 0 aliphatic heterocycles. The number of amides is 2. The molecule has 0 saturated carbocycles. The number of hydrogen-bond donors (Lipinski definition) is 2. The molecule has 0 aromatic heterocycles. The maximum absolute atomic E-state index is 12.4. The Labute approximate surface area is 169 Å². The lowest BCUT2D eigenvalue weighted by atomic mass is 10.2. The summed E-state index contributed by atoms with van der Waals surface area (Å²) in [6.07, 6.45) is 1.22. The fourth-order valence-electron chi connectivity index (χ4n) is 2.50. The summed E-state index contributed by atoms with van der Waals surface area (Å²) in [6, 6.07) is 11.5. The first-order chi connectivity index (χ1) is 13.8. The van der Waals surface area contributed by atoms with Crippen LogP contribution < -0.4 is 20.1 Å². The van der Waals surface area contributed by atoms with Crippen LogP contribution in [0.4, 0.5) is 11.4 Å². The van der Waals surface area contributed by atoms with Gasteiger partial charge < -0.3 is 20.1 Å². The van der Waals surface area contributed by atoms with Crippen molar-refractivity contribution >= 4 is 33.0 Å². The highest BCUT2D eigenvalue weighted by atomic mass is 32.2. The van der Waals surface area contributed by atoms with Gasteiger partial charge in [-0.05, 0) is 12.1 Å². The Kier molecular flexibility index (Phi) is 7.38. The molecule has 2 rings (SSSR count). The number of hydrogen-bond acceptors (Lipinski definition) is 6. The zero-order valence-corrected chi connectivity index (χ0v) is 16.9. The van der Waals surface area contributed by atoms with Gasteiger partial charge in [-0.25, -0.2) is 8.42 Å². The van der Waals surface area contributed by atoms with Gasteiger partial charge in [0.05, 0.1) is 31.3 Å². The molecule has 29 heavy (non-hydrogen) atoms. The van der Waals surface area contributed by atoms with E-state index in [1.54, 1.807) is 30.3 Å². The SMILES string of the molecule is C=CCS(=O)(=O)CC(=O)Nc1cc(OC)c(NC(=O)c2ccccc2)cc1OC. The summed E-state index contributed by atoms with van der Waals surface area (Å²) in [5, 5.41) is 5.22. The van der Waals surface area contributed by atoms with Gasteiger partial charge in [-0.3, -0.25) is 9.59 Å². The van der Waals surface area contributed by atoms with Crippen LogP contribution in [0.1, 0.15) is 10.4 Å². The molecule has 0 radical (unpaired) electrons. The number of carbonyl (C=O) groups is 2. The molecule has 2 aromatic carbocycles. The van der Waals surface area contributed by atoms with Gasteiger partial charge >= 0.3 is 0 Å². The van der Waals surface area contributed by atoms with E-state index in [0.717, 1.165) is 0 Å². The lowest BCUT2D eigenvalue weighted by Gasteiger charge is -2.16. The van der Waals surface area contributed by atoms with Crippen molar-refractivity contribution in [3.8, 4) is 11.5 Å². The highest BCUT2D eigenvalue weighted by Crippen LogP contribution is 2.36. The van der Waals surface area contributed by atoms with Crippen molar-refractivity contribution in [3.63, 3.8) is 0 Å². The number of ether oxygens (including phenoxy) is 2. The van der Waals surface area contributed by atoms with Crippen LogP contribution in [0.25, 0.3) is 0 Å². The molecule has 9 heteroatoms. The first-order valence-corrected chi connectivity index (χ1v) is 10.4. The molecule has 0 atom stereocenters. The molecule has 2 amide bonds. The number of carbonyl (C=O) groups excluding carboxylic acids is 2. The van der Waals surface area contributed by atoms with Crippen LogP contribution in [0.5, 0.6) is 11.5 Å². The van der Waals surface area contributed by atoms with Gasteiger partial charge in [0.2, 0.25) is 5.91 Å². The minimum Gasteiger partial charge on any atom is -0.494 e. The van der Waals surface area contributed by atoms with Crippen LogP contribution in [0.2, 0.25) is 0 Å². The van der Waals surface area contributed by atoms with Crippen molar-refractivity contribution in [1.82, 2.24) is 0 Å². The highest BCUT2D eigenvalue weighted by molar-refractivity contribution is 7.92. The van der Waals surface area contributed by atoms with Crippen molar-refractivity contribution < 1.29 is 27.5 Å². The van der Waals surface area contributed by atoms with Crippen molar-refractivity contribution in [2.45, 2.75) is 0 Å². The lowest BCUT2D eigenvalue weighted by molar-refractivity contribution is -0.113. The topological polar surface area (TPSA) is 111 Å². The van der Waals surface area contributed by atoms with E-state index in [2.05, 4.69) is 17.2 Å². The molecule has 8 nitrogen and oxygen atoms in total. The quantitative estimate of drug-likeness (QED) is 0.606. The van der Waals surface area contributed by atoms with Gasteiger partial charge in [-0.1, -0.05) is 24.3 Å². The van der Waals surface area contributed by atoms with E-state index in [4.69, 9.17) is 9.47 Å². The highest BCUT2D eigenvalue weighted by Gasteiger charge is 2.19. The van der Waals surface area contributed by atoms with Crippen LogP contribution in [-0.2, 0) is 14.6 Å². The monoisotopic (exact) mass is 418 g/mol. The third-order valence-corrected chi connectivity index (χ3v) is 5.25. The summed E-state index contributed by atoms with van der Waals surface area (Å²) < 4.78 is 34.1. The van der Waals surface area contributed by atoms with Gasteiger partial charge in [0.1, 0.15) is 17.3 Å². The van der Waals surface area contributed by atoms with E-state index in [9.17, 15) is 18.0 Å². The lowest BCUT2D eigenvalue weighted by Crippen LogP contribution is -2.24. The normalized spacial score (nSPS) is 10.7. The molecule has 0 heterocycles. The molecule has 0 aliphatic carbocycles. The Balaban J connectivity index is 2.26. The third kappa shape index (κ3) is 6.08. The van der Waals surface area contributed by atoms with Gasteiger partial charge in [0, 0.05) is 17.7 Å². The third-order valence-electron chi connectivity index (χ3n) is 3.80. The molecule has 0 saturated heterocycles. The standard InChI is InChI=1S/C20H22N2O6S/c1-4-10-29(25,26)13-19(23)21-15-11-18(28-3)16(12-17(15)27-2)22-20(24)14-8-6-5-7-9-14/h4-9,11-12H,1,10,13H2,2-3H3,(H,21,23)(H,22,24). The molecule has 0 fully saturated rings. The summed E-state index contributed by atoms with van der Waals surface area (Å²) in [5.41, 5.74) is 0.995. The molecule has 0 aliphatic rings. The van der Waals surface area contributed by atoms with E-state index < -0.39 is 21.5 Å². The molecule has 2 N–H and O–H groups in total. The van der Waals surface area contributed by atoms with E-state index in [1.807, 2.05) is 0 Å². The molecule has 0 bridgehead atoms. The van der Waals surface area contributed by atoms with Crippen molar-refractivity contribution in [3.05, 3.63) is 60.7 Å². The maximum Gasteiger partial charge on any atom is 0.255 e. The summed E-state index contributed by atoms with van der Waals surface area (Å²) in [5.74, 6) is -1.59. The first kappa shape index (κ1) is 22.0. The molecule has 154 valence electrons. The predicted molar refractivity (Wildman–Crippen MR) is 111 cm³/mol. The fraction of sp³-hybridized carbons (Fsp3) is 0.200. The number of sulfone groups is 1. The molecular weight excluding hydrogens is 396 g/mol. The second-order valence-corrected chi connectivity index (χ2v) is 8.07. The maximum atomic E-state index is 12.4. The van der Waals surface area contributed by atoms with E-state index in [-0.39, 0.29) is 28.8 Å². The van der Waals surface area contributed by atoms with Gasteiger partial charge in [0.25, 0.3) is 5.91 Å². The molecule has 2 aromatic rings. The van der Waals surface area contributed by atoms with E-state index in [1.165, 1.54) is 32.4 Å². The van der Waals surface area contributed by atoms with Crippen LogP contribution >= 0.6 is 0 Å². The molecule has 0 spiro atoms. The largest absolute Gasteiger partial charge is 0.494 e.